The monoisotopic (exact) mass is 250 g/mol. The zero-order valence-corrected chi connectivity index (χ0v) is 11.7. The van der Waals surface area contributed by atoms with Crippen LogP contribution in [0.5, 0.6) is 0 Å². The highest BCUT2D eigenvalue weighted by Crippen LogP contribution is 2.18. The minimum atomic E-state index is 0.931. The summed E-state index contributed by atoms with van der Waals surface area (Å²) in [5.74, 6) is 3.04. The van der Waals surface area contributed by atoms with Crippen molar-refractivity contribution in [1.29, 1.82) is 0 Å². The van der Waals surface area contributed by atoms with Gasteiger partial charge in [-0.2, -0.15) is 0 Å². The number of nitrogens with zero attached hydrogens (tertiary/aromatic N) is 1. The molecule has 1 aliphatic rings. The molecule has 2 heterocycles. The van der Waals surface area contributed by atoms with Gasteiger partial charge in [0.05, 0.1) is 6.54 Å². The third kappa shape index (κ3) is 4.46. The molecule has 0 atom stereocenters. The van der Waals surface area contributed by atoms with Crippen molar-refractivity contribution in [3.63, 3.8) is 0 Å². The zero-order chi connectivity index (χ0) is 12.8. The van der Waals surface area contributed by atoms with Crippen molar-refractivity contribution in [3.8, 4) is 0 Å². The fourth-order valence-electron chi connectivity index (χ4n) is 2.74. The summed E-state index contributed by atoms with van der Waals surface area (Å²) in [7, 11) is 2.18. The van der Waals surface area contributed by atoms with Crippen molar-refractivity contribution in [2.24, 2.45) is 5.92 Å². The van der Waals surface area contributed by atoms with Crippen LogP contribution in [0.15, 0.2) is 16.5 Å². The lowest BCUT2D eigenvalue weighted by Crippen LogP contribution is -2.28. The van der Waals surface area contributed by atoms with Gasteiger partial charge in [0.2, 0.25) is 0 Å². The molecule has 0 radical (unpaired) electrons. The van der Waals surface area contributed by atoms with Gasteiger partial charge in [0, 0.05) is 0 Å². The van der Waals surface area contributed by atoms with E-state index in [-0.39, 0.29) is 0 Å². The average molecular weight is 250 g/mol. The van der Waals surface area contributed by atoms with Crippen molar-refractivity contribution in [2.45, 2.75) is 39.2 Å². The number of rotatable bonds is 6. The van der Waals surface area contributed by atoms with Gasteiger partial charge in [0.1, 0.15) is 11.5 Å². The van der Waals surface area contributed by atoms with Crippen LogP contribution < -0.4 is 5.32 Å². The first kappa shape index (κ1) is 13.6. The lowest BCUT2D eigenvalue weighted by Gasteiger charge is -2.23. The van der Waals surface area contributed by atoms with Crippen molar-refractivity contribution in [3.05, 3.63) is 23.7 Å². The highest BCUT2D eigenvalue weighted by molar-refractivity contribution is 5.05. The lowest BCUT2D eigenvalue weighted by molar-refractivity contribution is 0.267. The second kappa shape index (κ2) is 6.95. The number of hydrogen-bond acceptors (Lipinski definition) is 3. The Bertz CT molecular complexity index is 342. The molecule has 0 aliphatic carbocycles. The zero-order valence-electron chi connectivity index (χ0n) is 11.7. The third-order valence-corrected chi connectivity index (χ3v) is 3.83. The molecule has 0 spiro atoms. The summed E-state index contributed by atoms with van der Waals surface area (Å²) >= 11 is 0. The number of hydrogen-bond donors (Lipinski definition) is 1. The first-order valence-corrected chi connectivity index (χ1v) is 7.18. The smallest absolute Gasteiger partial charge is 0.118 e. The van der Waals surface area contributed by atoms with Crippen molar-refractivity contribution >= 4 is 0 Å². The van der Waals surface area contributed by atoms with Crippen molar-refractivity contribution in [1.82, 2.24) is 10.2 Å². The SMILES string of the molecule is Cc1ccc(CN(C)CCCC2CCNCC2)o1. The molecule has 2 rings (SSSR count). The Labute approximate surface area is 111 Å². The molecule has 3 heteroatoms. The quantitative estimate of drug-likeness (QED) is 0.841. The highest BCUT2D eigenvalue weighted by Gasteiger charge is 2.12. The Morgan fingerprint density at radius 3 is 2.78 bits per heavy atom. The Hall–Kier alpha value is -0.800. The summed E-state index contributed by atoms with van der Waals surface area (Å²) < 4.78 is 5.60. The molecule has 1 N–H and O–H groups in total. The molecule has 0 saturated carbocycles. The van der Waals surface area contributed by atoms with Crippen LogP contribution in [0.3, 0.4) is 0 Å². The summed E-state index contributed by atoms with van der Waals surface area (Å²) in [4.78, 5) is 2.36. The number of nitrogens with one attached hydrogen (secondary N) is 1. The summed E-state index contributed by atoms with van der Waals surface area (Å²) in [5, 5.41) is 3.43. The first-order chi connectivity index (χ1) is 8.74. The van der Waals surface area contributed by atoms with E-state index < -0.39 is 0 Å². The van der Waals surface area contributed by atoms with E-state index in [0.29, 0.717) is 0 Å². The van der Waals surface area contributed by atoms with Gasteiger partial charge >= 0.3 is 0 Å². The third-order valence-electron chi connectivity index (χ3n) is 3.83. The fourth-order valence-corrected chi connectivity index (χ4v) is 2.74. The van der Waals surface area contributed by atoms with E-state index in [1.165, 1.54) is 45.3 Å². The highest BCUT2D eigenvalue weighted by atomic mass is 16.3. The molecule has 0 amide bonds. The predicted molar refractivity (Wildman–Crippen MR) is 74.6 cm³/mol. The minimum Gasteiger partial charge on any atom is -0.465 e. The molecule has 102 valence electrons. The van der Waals surface area contributed by atoms with Crippen LogP contribution >= 0.6 is 0 Å². The van der Waals surface area contributed by atoms with Crippen LogP contribution in [-0.4, -0.2) is 31.6 Å². The van der Waals surface area contributed by atoms with Gasteiger partial charge in [0.15, 0.2) is 0 Å². The second-order valence-corrected chi connectivity index (χ2v) is 5.59. The fraction of sp³-hybridized carbons (Fsp3) is 0.733. The molecule has 1 aromatic heterocycles. The van der Waals surface area contributed by atoms with Gasteiger partial charge in [-0.1, -0.05) is 0 Å². The van der Waals surface area contributed by atoms with Gasteiger partial charge in [-0.3, -0.25) is 4.90 Å². The molecular formula is C15H26N2O. The molecule has 18 heavy (non-hydrogen) atoms. The number of furan rings is 1. The molecule has 0 aromatic carbocycles. The first-order valence-electron chi connectivity index (χ1n) is 7.18. The standard InChI is InChI=1S/C15H26N2O/c1-13-5-6-15(18-13)12-17(2)11-3-4-14-7-9-16-10-8-14/h5-6,14,16H,3-4,7-12H2,1-2H3. The van der Waals surface area contributed by atoms with Gasteiger partial charge in [0.25, 0.3) is 0 Å². The van der Waals surface area contributed by atoms with E-state index in [2.05, 4.69) is 23.3 Å². The van der Waals surface area contributed by atoms with Gasteiger partial charge < -0.3 is 9.73 Å². The summed E-state index contributed by atoms with van der Waals surface area (Å²) in [6, 6.07) is 4.12. The van der Waals surface area contributed by atoms with Gasteiger partial charge in [-0.15, -0.1) is 0 Å². The topological polar surface area (TPSA) is 28.4 Å². The summed E-state index contributed by atoms with van der Waals surface area (Å²) in [6.07, 6.45) is 5.41. The maximum atomic E-state index is 5.60. The van der Waals surface area contributed by atoms with Crippen molar-refractivity contribution < 1.29 is 4.42 Å². The number of piperidine rings is 1. The molecular weight excluding hydrogens is 224 g/mol. The maximum absolute atomic E-state index is 5.60. The van der Waals surface area contributed by atoms with Crippen LogP contribution in [0.4, 0.5) is 0 Å². The Balaban J connectivity index is 1.60. The van der Waals surface area contributed by atoms with Crippen molar-refractivity contribution in [2.75, 3.05) is 26.7 Å². The average Bonchev–Trinajstić information content (AvgIpc) is 2.76. The molecule has 1 aliphatic heterocycles. The molecule has 0 bridgehead atoms. The van der Waals surface area contributed by atoms with Gasteiger partial charge in [-0.05, 0) is 77.3 Å². The van der Waals surface area contributed by atoms with Crippen LogP contribution in [0.2, 0.25) is 0 Å². The van der Waals surface area contributed by atoms with E-state index in [4.69, 9.17) is 4.42 Å². The Morgan fingerprint density at radius 2 is 2.11 bits per heavy atom. The predicted octanol–water partition coefficient (Wildman–Crippen LogP) is 2.80. The van der Waals surface area contributed by atoms with Crippen LogP contribution in [0.1, 0.15) is 37.2 Å². The Kier molecular flexibility index (Phi) is 5.26. The Morgan fingerprint density at radius 1 is 1.33 bits per heavy atom. The van der Waals surface area contributed by atoms with E-state index in [9.17, 15) is 0 Å². The molecule has 3 nitrogen and oxygen atoms in total. The maximum Gasteiger partial charge on any atom is 0.118 e. The van der Waals surface area contributed by atoms with E-state index in [1.54, 1.807) is 0 Å². The molecule has 1 aromatic rings. The largest absolute Gasteiger partial charge is 0.465 e. The molecule has 1 fully saturated rings. The van der Waals surface area contributed by atoms with Crippen LogP contribution in [0.25, 0.3) is 0 Å². The normalized spacial score (nSPS) is 17.5. The minimum absolute atomic E-state index is 0.931. The second-order valence-electron chi connectivity index (χ2n) is 5.59. The lowest BCUT2D eigenvalue weighted by atomic mass is 9.93. The van der Waals surface area contributed by atoms with E-state index in [1.807, 2.05) is 13.0 Å². The van der Waals surface area contributed by atoms with Gasteiger partial charge in [-0.25, -0.2) is 0 Å². The summed E-state index contributed by atoms with van der Waals surface area (Å²) in [5.41, 5.74) is 0. The van der Waals surface area contributed by atoms with E-state index >= 15 is 0 Å². The molecule has 0 unspecified atom stereocenters. The van der Waals surface area contributed by atoms with Crippen LogP contribution in [-0.2, 0) is 6.54 Å². The van der Waals surface area contributed by atoms with E-state index in [0.717, 1.165) is 24.0 Å². The summed E-state index contributed by atoms with van der Waals surface area (Å²) in [6.45, 7) is 6.53. The van der Waals surface area contributed by atoms with Crippen LogP contribution in [0, 0.1) is 12.8 Å². The molecule has 1 saturated heterocycles. The number of aryl methyl sites for hydroxylation is 1.